The van der Waals surface area contributed by atoms with Gasteiger partial charge in [-0.2, -0.15) is 0 Å². The van der Waals surface area contributed by atoms with Gasteiger partial charge < -0.3 is 4.48 Å². The fourth-order valence-electron chi connectivity index (χ4n) is 2.95. The monoisotopic (exact) mass is 250 g/mol. The molecular weight excluding hydrogens is 225 g/mol. The Bertz CT molecular complexity index is 378. The van der Waals surface area contributed by atoms with Gasteiger partial charge in [-0.25, -0.2) is 0 Å². The first kappa shape index (κ1) is 16.6. The first-order valence-electron chi connectivity index (χ1n) is 7.14. The standard InChI is InChI=1S/C17H25N.Li/c1-16(2)15-18(12-6-7-13-18)14-8-11-17-9-4-3-5-10-17;/h3-5,8-11,15-16H,6-7,12-14H2,1-2H3;/q;+1/b11-8-;. The molecule has 19 heavy (non-hydrogen) atoms. The Morgan fingerprint density at radius 3 is 2.37 bits per heavy atom. The summed E-state index contributed by atoms with van der Waals surface area (Å²) in [5.41, 5.74) is 1.30. The Morgan fingerprint density at radius 2 is 1.79 bits per heavy atom. The summed E-state index contributed by atoms with van der Waals surface area (Å²) >= 11 is 0. The van der Waals surface area contributed by atoms with Gasteiger partial charge in [0.05, 0.1) is 19.6 Å². The molecule has 0 saturated carbocycles. The van der Waals surface area contributed by atoms with Gasteiger partial charge in [-0.05, 0) is 24.5 Å². The molecule has 1 heterocycles. The number of likely N-dealkylation sites (tertiary alicyclic amines) is 1. The van der Waals surface area contributed by atoms with Gasteiger partial charge in [0.25, 0.3) is 0 Å². The summed E-state index contributed by atoms with van der Waals surface area (Å²) in [6.07, 6.45) is 7.36. The molecule has 1 aromatic rings. The second-order valence-electron chi connectivity index (χ2n) is 5.76. The first-order chi connectivity index (χ1) is 8.70. The van der Waals surface area contributed by atoms with Crippen LogP contribution in [0.3, 0.4) is 0 Å². The molecular formula is C17H25LiN+. The number of benzene rings is 1. The molecule has 1 nitrogen and oxygen atoms in total. The van der Waals surface area contributed by atoms with Crippen molar-refractivity contribution in [3.8, 4) is 0 Å². The molecule has 0 amide bonds. The third-order valence-corrected chi connectivity index (χ3v) is 3.65. The van der Waals surface area contributed by atoms with Crippen molar-refractivity contribution in [2.24, 2.45) is 5.92 Å². The largest absolute Gasteiger partial charge is 1.00 e. The van der Waals surface area contributed by atoms with E-state index in [1.54, 1.807) is 0 Å². The molecule has 0 spiro atoms. The summed E-state index contributed by atoms with van der Waals surface area (Å²) in [5.74, 6) is 0.674. The van der Waals surface area contributed by atoms with Crippen molar-refractivity contribution in [2.75, 3.05) is 19.6 Å². The van der Waals surface area contributed by atoms with E-state index in [9.17, 15) is 0 Å². The van der Waals surface area contributed by atoms with Crippen LogP contribution < -0.4 is 18.9 Å². The van der Waals surface area contributed by atoms with Gasteiger partial charge in [0.2, 0.25) is 0 Å². The molecule has 1 saturated heterocycles. The van der Waals surface area contributed by atoms with Crippen molar-refractivity contribution in [2.45, 2.75) is 26.7 Å². The molecule has 0 N–H and O–H groups in total. The molecule has 1 aliphatic rings. The zero-order chi connectivity index (χ0) is 12.8. The fraction of sp³-hybridized carbons (Fsp3) is 0.471. The number of hydrogen-bond donors (Lipinski definition) is 0. The van der Waals surface area contributed by atoms with Crippen LogP contribution in [0.2, 0.25) is 0 Å². The van der Waals surface area contributed by atoms with Crippen LogP contribution in [0.15, 0.2) is 36.4 Å². The minimum atomic E-state index is 0. The average molecular weight is 250 g/mol. The zero-order valence-electron chi connectivity index (χ0n) is 12.7. The van der Waals surface area contributed by atoms with Crippen molar-refractivity contribution in [3.63, 3.8) is 0 Å². The van der Waals surface area contributed by atoms with Gasteiger partial charge in [-0.3, -0.25) is 0 Å². The van der Waals surface area contributed by atoms with E-state index in [1.807, 2.05) is 0 Å². The van der Waals surface area contributed by atoms with E-state index < -0.39 is 0 Å². The van der Waals surface area contributed by atoms with Crippen LogP contribution in [0.1, 0.15) is 32.3 Å². The van der Waals surface area contributed by atoms with Crippen LogP contribution in [0, 0.1) is 12.5 Å². The van der Waals surface area contributed by atoms with Gasteiger partial charge in [0.1, 0.15) is 0 Å². The van der Waals surface area contributed by atoms with E-state index in [0.29, 0.717) is 5.92 Å². The van der Waals surface area contributed by atoms with Crippen molar-refractivity contribution in [1.82, 2.24) is 0 Å². The van der Waals surface area contributed by atoms with E-state index in [1.165, 1.54) is 36.0 Å². The summed E-state index contributed by atoms with van der Waals surface area (Å²) in [6.45, 7) is 10.9. The molecule has 2 rings (SSSR count). The molecule has 0 bridgehead atoms. The third kappa shape index (κ3) is 5.19. The smallest absolute Gasteiger partial charge is 0.451 e. The maximum atomic E-state index is 2.53. The van der Waals surface area contributed by atoms with Gasteiger partial charge in [-0.1, -0.05) is 50.3 Å². The SMILES string of the molecule is CC(C)[CH-][N+]1(C/C=C\c2ccccc2)CCCC1.[Li+]. The quantitative estimate of drug-likeness (QED) is 0.417. The maximum absolute atomic E-state index is 2.53. The van der Waals surface area contributed by atoms with Crippen molar-refractivity contribution in [3.05, 3.63) is 48.5 Å². The van der Waals surface area contributed by atoms with E-state index in [-0.39, 0.29) is 18.9 Å². The van der Waals surface area contributed by atoms with E-state index >= 15 is 0 Å². The summed E-state index contributed by atoms with van der Waals surface area (Å²) in [6, 6.07) is 10.6. The van der Waals surface area contributed by atoms with Crippen LogP contribution in [-0.4, -0.2) is 24.1 Å². The van der Waals surface area contributed by atoms with Crippen LogP contribution in [0.4, 0.5) is 0 Å². The minimum Gasteiger partial charge on any atom is -0.451 e. The topological polar surface area (TPSA) is 0 Å². The van der Waals surface area contributed by atoms with Gasteiger partial charge in [0, 0.05) is 0 Å². The summed E-state index contributed by atoms with van der Waals surface area (Å²) < 4.78 is 1.18. The molecule has 0 unspecified atom stereocenters. The van der Waals surface area contributed by atoms with Crippen LogP contribution in [-0.2, 0) is 0 Å². The normalized spacial score (nSPS) is 17.8. The minimum absolute atomic E-state index is 0. The van der Waals surface area contributed by atoms with E-state index in [2.05, 4.69) is 62.9 Å². The number of hydrogen-bond acceptors (Lipinski definition) is 0. The van der Waals surface area contributed by atoms with Gasteiger partial charge >= 0.3 is 18.9 Å². The fourth-order valence-corrected chi connectivity index (χ4v) is 2.95. The van der Waals surface area contributed by atoms with Crippen LogP contribution in [0.5, 0.6) is 0 Å². The van der Waals surface area contributed by atoms with Crippen LogP contribution >= 0.6 is 0 Å². The summed E-state index contributed by atoms with van der Waals surface area (Å²) in [4.78, 5) is 0. The summed E-state index contributed by atoms with van der Waals surface area (Å²) in [5, 5.41) is 0. The number of nitrogens with zero attached hydrogens (tertiary/aromatic N) is 1. The van der Waals surface area contributed by atoms with Crippen molar-refractivity contribution in [1.29, 1.82) is 0 Å². The second-order valence-corrected chi connectivity index (χ2v) is 5.76. The Labute approximate surface area is 130 Å². The Hall–Kier alpha value is -0.483. The van der Waals surface area contributed by atoms with Crippen LogP contribution in [0.25, 0.3) is 6.08 Å². The molecule has 98 valence electrons. The molecule has 2 heteroatoms. The molecule has 1 aliphatic heterocycles. The first-order valence-corrected chi connectivity index (χ1v) is 7.14. The predicted octanol–water partition coefficient (Wildman–Crippen LogP) is 1.13. The third-order valence-electron chi connectivity index (χ3n) is 3.65. The Balaban J connectivity index is 0.00000180. The zero-order valence-corrected chi connectivity index (χ0v) is 12.7. The van der Waals surface area contributed by atoms with E-state index in [0.717, 1.165) is 6.54 Å². The second kappa shape index (κ2) is 7.95. The van der Waals surface area contributed by atoms with Gasteiger partial charge in [-0.15, -0.1) is 12.5 Å². The molecule has 1 fully saturated rings. The van der Waals surface area contributed by atoms with Crippen molar-refractivity contribution < 1.29 is 23.3 Å². The number of quaternary nitrogens is 1. The summed E-state index contributed by atoms with van der Waals surface area (Å²) in [7, 11) is 0. The Morgan fingerprint density at radius 1 is 1.16 bits per heavy atom. The van der Waals surface area contributed by atoms with Gasteiger partial charge in [0.15, 0.2) is 0 Å². The van der Waals surface area contributed by atoms with Crippen molar-refractivity contribution >= 4 is 6.08 Å². The molecule has 0 aromatic heterocycles. The molecule has 0 aliphatic carbocycles. The maximum Gasteiger partial charge on any atom is 1.00 e. The number of rotatable bonds is 5. The predicted molar refractivity (Wildman–Crippen MR) is 78.7 cm³/mol. The van der Waals surface area contributed by atoms with E-state index in [4.69, 9.17) is 0 Å². The molecule has 0 atom stereocenters. The Kier molecular flexibility index (Phi) is 6.93. The molecule has 1 aromatic carbocycles. The molecule has 0 radical (unpaired) electrons. The average Bonchev–Trinajstić information content (AvgIpc) is 2.78.